The second kappa shape index (κ2) is 7.94. The highest BCUT2D eigenvalue weighted by Crippen LogP contribution is 2.25. The summed E-state index contributed by atoms with van der Waals surface area (Å²) in [4.78, 5) is 25.3. The first kappa shape index (κ1) is 17.2. The number of anilines is 2. The van der Waals surface area contributed by atoms with Crippen LogP contribution in [0, 0.1) is 0 Å². The quantitative estimate of drug-likeness (QED) is 0.897. The van der Waals surface area contributed by atoms with Crippen molar-refractivity contribution >= 4 is 17.4 Å². The molecule has 1 aromatic heterocycles. The molecule has 0 saturated carbocycles. The maximum absolute atomic E-state index is 12.5. The van der Waals surface area contributed by atoms with Gasteiger partial charge in [0.15, 0.2) is 0 Å². The molecule has 1 aromatic carbocycles. The number of hydrogen-bond donors (Lipinski definition) is 1. The SMILES string of the molecule is CCN1CCN(C(=O)c2cnc(Nc3ccccc3OC)cn2)CC1. The maximum Gasteiger partial charge on any atom is 0.274 e. The molecule has 1 aliphatic heterocycles. The predicted octanol–water partition coefficient (Wildman–Crippen LogP) is 2.01. The van der Waals surface area contributed by atoms with E-state index < -0.39 is 0 Å². The number of hydrogen-bond acceptors (Lipinski definition) is 6. The van der Waals surface area contributed by atoms with Gasteiger partial charge in [0, 0.05) is 26.2 Å². The van der Waals surface area contributed by atoms with E-state index in [4.69, 9.17) is 4.74 Å². The summed E-state index contributed by atoms with van der Waals surface area (Å²) in [7, 11) is 1.62. The fourth-order valence-electron chi connectivity index (χ4n) is 2.82. The average molecular weight is 341 g/mol. The summed E-state index contributed by atoms with van der Waals surface area (Å²) in [5, 5.41) is 3.15. The van der Waals surface area contributed by atoms with Gasteiger partial charge in [-0.2, -0.15) is 0 Å². The van der Waals surface area contributed by atoms with Gasteiger partial charge in [0.1, 0.15) is 17.3 Å². The minimum atomic E-state index is -0.0629. The second-order valence-electron chi connectivity index (χ2n) is 5.84. The van der Waals surface area contributed by atoms with E-state index in [0.29, 0.717) is 11.5 Å². The zero-order valence-electron chi connectivity index (χ0n) is 14.6. The normalized spacial score (nSPS) is 15.0. The van der Waals surface area contributed by atoms with Crippen LogP contribution in [0.2, 0.25) is 0 Å². The molecule has 25 heavy (non-hydrogen) atoms. The Kier molecular flexibility index (Phi) is 5.45. The standard InChI is InChI=1S/C18H23N5O2/c1-3-22-8-10-23(11-9-22)18(24)15-12-20-17(13-19-15)21-14-6-4-5-7-16(14)25-2/h4-7,12-13H,3,8-11H2,1-2H3,(H,20,21). The van der Waals surface area contributed by atoms with Gasteiger partial charge in [0.25, 0.3) is 5.91 Å². The third-order valence-corrected chi connectivity index (χ3v) is 4.35. The lowest BCUT2D eigenvalue weighted by atomic mass is 10.3. The summed E-state index contributed by atoms with van der Waals surface area (Å²) >= 11 is 0. The van der Waals surface area contributed by atoms with Gasteiger partial charge in [-0.3, -0.25) is 4.79 Å². The van der Waals surface area contributed by atoms with Gasteiger partial charge in [0.05, 0.1) is 25.2 Å². The summed E-state index contributed by atoms with van der Waals surface area (Å²) in [6.45, 7) is 6.43. The highest BCUT2D eigenvalue weighted by Gasteiger charge is 2.22. The van der Waals surface area contributed by atoms with E-state index in [-0.39, 0.29) is 5.91 Å². The molecule has 132 valence electrons. The van der Waals surface area contributed by atoms with E-state index in [0.717, 1.165) is 44.2 Å². The average Bonchev–Trinajstić information content (AvgIpc) is 2.68. The van der Waals surface area contributed by atoms with Crippen molar-refractivity contribution in [3.63, 3.8) is 0 Å². The van der Waals surface area contributed by atoms with Crippen LogP contribution < -0.4 is 10.1 Å². The van der Waals surface area contributed by atoms with Gasteiger partial charge in [-0.05, 0) is 18.7 Å². The Balaban J connectivity index is 1.65. The van der Waals surface area contributed by atoms with Crippen molar-refractivity contribution in [1.29, 1.82) is 0 Å². The number of nitrogens with one attached hydrogen (secondary N) is 1. The molecule has 1 fully saturated rings. The van der Waals surface area contributed by atoms with Gasteiger partial charge in [0.2, 0.25) is 0 Å². The summed E-state index contributed by atoms with van der Waals surface area (Å²) in [5.74, 6) is 1.22. The van der Waals surface area contributed by atoms with Crippen LogP contribution >= 0.6 is 0 Å². The van der Waals surface area contributed by atoms with Crippen LogP contribution in [-0.2, 0) is 0 Å². The highest BCUT2D eigenvalue weighted by atomic mass is 16.5. The lowest BCUT2D eigenvalue weighted by Gasteiger charge is -2.33. The summed E-state index contributed by atoms with van der Waals surface area (Å²) in [6, 6.07) is 7.57. The van der Waals surface area contributed by atoms with E-state index in [9.17, 15) is 4.79 Å². The molecular weight excluding hydrogens is 318 g/mol. The van der Waals surface area contributed by atoms with Crippen molar-refractivity contribution in [3.8, 4) is 5.75 Å². The predicted molar refractivity (Wildman–Crippen MR) is 96.3 cm³/mol. The number of methoxy groups -OCH3 is 1. The minimum Gasteiger partial charge on any atom is -0.495 e. The van der Waals surface area contributed by atoms with Crippen LogP contribution in [0.4, 0.5) is 11.5 Å². The first-order valence-corrected chi connectivity index (χ1v) is 8.45. The van der Waals surface area contributed by atoms with Crippen LogP contribution in [0.1, 0.15) is 17.4 Å². The molecule has 0 unspecified atom stereocenters. The molecule has 2 aromatic rings. The number of likely N-dealkylation sites (N-methyl/N-ethyl adjacent to an activating group) is 1. The molecular formula is C18H23N5O2. The Bertz CT molecular complexity index is 712. The molecule has 0 bridgehead atoms. The monoisotopic (exact) mass is 341 g/mol. The number of carbonyl (C=O) groups excluding carboxylic acids is 1. The van der Waals surface area contributed by atoms with Crippen LogP contribution in [0.25, 0.3) is 0 Å². The second-order valence-corrected chi connectivity index (χ2v) is 5.84. The lowest BCUT2D eigenvalue weighted by Crippen LogP contribution is -2.48. The van der Waals surface area contributed by atoms with Gasteiger partial charge in [-0.1, -0.05) is 19.1 Å². The Labute approximate surface area is 147 Å². The van der Waals surface area contributed by atoms with Crippen molar-refractivity contribution in [1.82, 2.24) is 19.8 Å². The fraction of sp³-hybridized carbons (Fsp3) is 0.389. The zero-order valence-corrected chi connectivity index (χ0v) is 14.6. The molecule has 0 aliphatic carbocycles. The maximum atomic E-state index is 12.5. The van der Waals surface area contributed by atoms with Crippen LogP contribution in [0.15, 0.2) is 36.7 Å². The van der Waals surface area contributed by atoms with Gasteiger partial charge < -0.3 is 19.9 Å². The molecule has 0 atom stereocenters. The molecule has 0 radical (unpaired) electrons. The van der Waals surface area contributed by atoms with Crippen molar-refractivity contribution in [2.75, 3.05) is 45.2 Å². The number of aromatic nitrogens is 2. The fourth-order valence-corrected chi connectivity index (χ4v) is 2.82. The van der Waals surface area contributed by atoms with Gasteiger partial charge >= 0.3 is 0 Å². The topological polar surface area (TPSA) is 70.6 Å². The van der Waals surface area contributed by atoms with Crippen molar-refractivity contribution in [2.24, 2.45) is 0 Å². The number of nitrogens with zero attached hydrogens (tertiary/aromatic N) is 4. The Morgan fingerprint density at radius 3 is 2.56 bits per heavy atom. The first-order chi connectivity index (χ1) is 12.2. The van der Waals surface area contributed by atoms with E-state index in [1.807, 2.05) is 29.2 Å². The van der Waals surface area contributed by atoms with E-state index in [2.05, 4.69) is 27.1 Å². The van der Waals surface area contributed by atoms with E-state index >= 15 is 0 Å². The number of amides is 1. The lowest BCUT2D eigenvalue weighted by molar-refractivity contribution is 0.0637. The number of rotatable bonds is 5. The largest absolute Gasteiger partial charge is 0.495 e. The van der Waals surface area contributed by atoms with Crippen LogP contribution in [0.5, 0.6) is 5.75 Å². The molecule has 7 heteroatoms. The summed E-state index contributed by atoms with van der Waals surface area (Å²) in [5.41, 5.74) is 1.17. The molecule has 1 aliphatic rings. The number of carbonyl (C=O) groups is 1. The summed E-state index contributed by atoms with van der Waals surface area (Å²) in [6.07, 6.45) is 3.09. The highest BCUT2D eigenvalue weighted by molar-refractivity contribution is 5.92. The van der Waals surface area contributed by atoms with Crippen LogP contribution in [-0.4, -0.2) is 65.5 Å². The minimum absolute atomic E-state index is 0.0629. The van der Waals surface area contributed by atoms with E-state index in [1.54, 1.807) is 13.3 Å². The smallest absolute Gasteiger partial charge is 0.274 e. The Hall–Kier alpha value is -2.67. The van der Waals surface area contributed by atoms with Gasteiger partial charge in [-0.15, -0.1) is 0 Å². The summed E-state index contributed by atoms with van der Waals surface area (Å²) < 4.78 is 5.30. The van der Waals surface area contributed by atoms with E-state index in [1.165, 1.54) is 6.20 Å². The number of piperazine rings is 1. The third-order valence-electron chi connectivity index (χ3n) is 4.35. The molecule has 3 rings (SSSR count). The van der Waals surface area contributed by atoms with Crippen molar-refractivity contribution < 1.29 is 9.53 Å². The van der Waals surface area contributed by atoms with Gasteiger partial charge in [-0.25, -0.2) is 9.97 Å². The molecule has 1 N–H and O–H groups in total. The molecule has 1 amide bonds. The molecule has 2 heterocycles. The Morgan fingerprint density at radius 1 is 1.16 bits per heavy atom. The molecule has 0 spiro atoms. The number of para-hydroxylation sites is 2. The van der Waals surface area contributed by atoms with Crippen molar-refractivity contribution in [2.45, 2.75) is 6.92 Å². The zero-order chi connectivity index (χ0) is 17.6. The molecule has 7 nitrogen and oxygen atoms in total. The van der Waals surface area contributed by atoms with Crippen LogP contribution in [0.3, 0.4) is 0 Å². The Morgan fingerprint density at radius 2 is 1.92 bits per heavy atom. The number of ether oxygens (including phenoxy) is 1. The number of benzene rings is 1. The first-order valence-electron chi connectivity index (χ1n) is 8.45. The molecule has 1 saturated heterocycles. The third kappa shape index (κ3) is 4.06. The van der Waals surface area contributed by atoms with Crippen molar-refractivity contribution in [3.05, 3.63) is 42.4 Å².